The van der Waals surface area contributed by atoms with Gasteiger partial charge in [0, 0.05) is 64.1 Å². The van der Waals surface area contributed by atoms with Crippen LogP contribution in [0.3, 0.4) is 0 Å². The van der Waals surface area contributed by atoms with Crippen LogP contribution in [0, 0.1) is 6.92 Å². The fraction of sp³-hybridized carbons (Fsp3) is 0.478. The van der Waals surface area contributed by atoms with Crippen LogP contribution in [-0.2, 0) is 11.3 Å². The molecule has 1 aromatic carbocycles. The van der Waals surface area contributed by atoms with Crippen LogP contribution in [0.15, 0.2) is 39.5 Å². The van der Waals surface area contributed by atoms with Crippen LogP contribution in [0.5, 0.6) is 0 Å². The summed E-state index contributed by atoms with van der Waals surface area (Å²) in [6.45, 7) is 8.35. The lowest BCUT2D eigenvalue weighted by Crippen LogP contribution is -2.50. The van der Waals surface area contributed by atoms with Crippen LogP contribution < -0.4 is 15.6 Å². The van der Waals surface area contributed by atoms with Crippen molar-refractivity contribution in [2.45, 2.75) is 13.5 Å². The number of rotatable bonds is 4. The Hall–Kier alpha value is -3.40. The molecule has 0 saturated carbocycles. The summed E-state index contributed by atoms with van der Waals surface area (Å²) in [5.74, 6) is 1.09. The lowest BCUT2D eigenvalue weighted by Gasteiger charge is -2.36. The minimum Gasteiger partial charge on any atom is -0.408 e. The molecule has 10 nitrogen and oxygen atoms in total. The van der Waals surface area contributed by atoms with Gasteiger partial charge in [0.25, 0.3) is 0 Å². The fourth-order valence-electron chi connectivity index (χ4n) is 4.43. The summed E-state index contributed by atoms with van der Waals surface area (Å²) in [7, 11) is 2.14. The van der Waals surface area contributed by atoms with Crippen molar-refractivity contribution < 1.29 is 9.21 Å². The molecule has 2 fully saturated rings. The number of carbonyl (C=O) groups is 1. The van der Waals surface area contributed by atoms with Gasteiger partial charge in [-0.15, -0.1) is 0 Å². The highest BCUT2D eigenvalue weighted by Gasteiger charge is 2.25. The molecule has 33 heavy (non-hydrogen) atoms. The van der Waals surface area contributed by atoms with Gasteiger partial charge < -0.3 is 24.0 Å². The highest BCUT2D eigenvalue weighted by molar-refractivity contribution is 5.79. The summed E-state index contributed by atoms with van der Waals surface area (Å²) in [5.41, 5.74) is 2.07. The highest BCUT2D eigenvalue weighted by Crippen LogP contribution is 2.20. The predicted molar refractivity (Wildman–Crippen MR) is 126 cm³/mol. The normalized spacial score (nSPS) is 17.7. The number of aromatic nitrogens is 3. The Labute approximate surface area is 192 Å². The van der Waals surface area contributed by atoms with Gasteiger partial charge in [-0.3, -0.25) is 9.36 Å². The highest BCUT2D eigenvalue weighted by atomic mass is 16.4. The van der Waals surface area contributed by atoms with E-state index in [1.54, 1.807) is 23.1 Å². The molecular formula is C23H29N7O3. The van der Waals surface area contributed by atoms with Crippen molar-refractivity contribution in [2.75, 3.05) is 69.2 Å². The Bertz CT molecular complexity index is 1200. The van der Waals surface area contributed by atoms with E-state index in [4.69, 9.17) is 9.40 Å². The van der Waals surface area contributed by atoms with E-state index < -0.39 is 5.76 Å². The summed E-state index contributed by atoms with van der Waals surface area (Å²) in [6, 6.07) is 9.20. The van der Waals surface area contributed by atoms with Crippen molar-refractivity contribution in [1.29, 1.82) is 0 Å². The Balaban J connectivity index is 1.24. The van der Waals surface area contributed by atoms with Crippen LogP contribution in [0.1, 0.15) is 5.69 Å². The zero-order valence-corrected chi connectivity index (χ0v) is 19.1. The summed E-state index contributed by atoms with van der Waals surface area (Å²) in [5, 5.41) is 0. The van der Waals surface area contributed by atoms with Crippen LogP contribution in [0.2, 0.25) is 0 Å². The third kappa shape index (κ3) is 4.43. The summed E-state index contributed by atoms with van der Waals surface area (Å²) >= 11 is 0. The first kappa shape index (κ1) is 21.4. The van der Waals surface area contributed by atoms with Gasteiger partial charge in [0.2, 0.25) is 11.9 Å². The molecule has 2 aromatic heterocycles. The van der Waals surface area contributed by atoms with E-state index in [2.05, 4.69) is 26.7 Å². The van der Waals surface area contributed by atoms with Gasteiger partial charge in [-0.1, -0.05) is 12.1 Å². The molecule has 0 unspecified atom stereocenters. The van der Waals surface area contributed by atoms with Crippen LogP contribution in [0.25, 0.3) is 11.1 Å². The van der Waals surface area contributed by atoms with E-state index in [9.17, 15) is 9.59 Å². The zero-order valence-electron chi connectivity index (χ0n) is 19.1. The van der Waals surface area contributed by atoms with Crippen molar-refractivity contribution >= 4 is 28.8 Å². The predicted octanol–water partition coefficient (Wildman–Crippen LogP) is 0.794. The molecular weight excluding hydrogens is 422 g/mol. The maximum Gasteiger partial charge on any atom is 0.420 e. The molecule has 0 radical (unpaired) electrons. The minimum atomic E-state index is -0.507. The van der Waals surface area contributed by atoms with Gasteiger partial charge in [-0.2, -0.15) is 4.98 Å². The number of nitrogens with zero attached hydrogens (tertiary/aromatic N) is 7. The van der Waals surface area contributed by atoms with E-state index >= 15 is 0 Å². The van der Waals surface area contributed by atoms with Gasteiger partial charge in [-0.25, -0.2) is 9.78 Å². The molecule has 174 valence electrons. The molecule has 4 heterocycles. The molecule has 2 aliphatic rings. The topological polar surface area (TPSA) is 91.0 Å². The minimum absolute atomic E-state index is 0.0235. The Morgan fingerprint density at radius 1 is 0.970 bits per heavy atom. The maximum absolute atomic E-state index is 12.9. The fourth-order valence-corrected chi connectivity index (χ4v) is 4.43. The molecule has 1 amide bonds. The van der Waals surface area contributed by atoms with Crippen LogP contribution >= 0.6 is 0 Å². The number of amides is 1. The van der Waals surface area contributed by atoms with Crippen molar-refractivity contribution in [3.8, 4) is 0 Å². The number of anilines is 2. The maximum atomic E-state index is 12.9. The molecule has 10 heteroatoms. The van der Waals surface area contributed by atoms with E-state index in [1.807, 2.05) is 19.1 Å². The van der Waals surface area contributed by atoms with Gasteiger partial charge >= 0.3 is 5.76 Å². The number of piperazine rings is 2. The van der Waals surface area contributed by atoms with Crippen LogP contribution in [0.4, 0.5) is 11.8 Å². The largest absolute Gasteiger partial charge is 0.420 e. The number of para-hydroxylation sites is 2. The summed E-state index contributed by atoms with van der Waals surface area (Å²) < 4.78 is 6.64. The average Bonchev–Trinajstić information content (AvgIpc) is 3.14. The molecule has 0 bridgehead atoms. The number of hydrogen-bond donors (Lipinski definition) is 0. The smallest absolute Gasteiger partial charge is 0.408 e. The standard InChI is InChI=1S/C23H29N7O3/c1-17-15-20(27-9-7-26(2)8-10-27)25-22(24-17)29-13-11-28(12-14-29)21(31)16-30-18-5-3-4-6-19(18)33-23(30)32/h3-6,15H,7-14,16H2,1-2H3. The first-order valence-electron chi connectivity index (χ1n) is 11.4. The number of likely N-dealkylation sites (N-methyl/N-ethyl adjacent to an activating group) is 1. The molecule has 3 aromatic rings. The van der Waals surface area contributed by atoms with E-state index in [-0.39, 0.29) is 12.5 Å². The Morgan fingerprint density at radius 3 is 2.42 bits per heavy atom. The molecule has 0 aliphatic carbocycles. The summed E-state index contributed by atoms with van der Waals surface area (Å²) in [4.78, 5) is 43.2. The number of aryl methyl sites for hydroxylation is 1. The lowest BCUT2D eigenvalue weighted by molar-refractivity contribution is -0.132. The first-order valence-corrected chi connectivity index (χ1v) is 11.4. The zero-order chi connectivity index (χ0) is 22.9. The SMILES string of the molecule is Cc1cc(N2CCN(C)CC2)nc(N2CCN(C(=O)Cn3c(=O)oc4ccccc43)CC2)n1. The molecule has 2 saturated heterocycles. The number of fused-ring (bicyclic) bond motifs is 1. The number of carbonyl (C=O) groups excluding carboxylic acids is 1. The second-order valence-corrected chi connectivity index (χ2v) is 8.75. The third-order valence-corrected chi connectivity index (χ3v) is 6.44. The van der Waals surface area contributed by atoms with E-state index in [0.29, 0.717) is 43.2 Å². The number of hydrogen-bond acceptors (Lipinski definition) is 8. The number of oxazole rings is 1. The average molecular weight is 452 g/mol. The van der Waals surface area contributed by atoms with Gasteiger partial charge in [0.15, 0.2) is 5.58 Å². The molecule has 0 N–H and O–H groups in total. The summed E-state index contributed by atoms with van der Waals surface area (Å²) in [6.07, 6.45) is 0. The Kier molecular flexibility index (Phi) is 5.76. The molecule has 0 atom stereocenters. The van der Waals surface area contributed by atoms with Crippen molar-refractivity contribution in [3.63, 3.8) is 0 Å². The molecule has 0 spiro atoms. The van der Waals surface area contributed by atoms with Gasteiger partial charge in [-0.05, 0) is 26.1 Å². The second kappa shape index (κ2) is 8.86. The van der Waals surface area contributed by atoms with Gasteiger partial charge in [0.1, 0.15) is 12.4 Å². The number of benzene rings is 1. The third-order valence-electron chi connectivity index (χ3n) is 6.44. The van der Waals surface area contributed by atoms with Crippen molar-refractivity contribution in [2.24, 2.45) is 0 Å². The van der Waals surface area contributed by atoms with Gasteiger partial charge in [0.05, 0.1) is 5.52 Å². The Morgan fingerprint density at radius 2 is 1.67 bits per heavy atom. The van der Waals surface area contributed by atoms with E-state index in [1.165, 1.54) is 4.57 Å². The quantitative estimate of drug-likeness (QED) is 0.575. The van der Waals surface area contributed by atoms with Crippen molar-refractivity contribution in [3.05, 3.63) is 46.6 Å². The molecule has 2 aliphatic heterocycles. The van der Waals surface area contributed by atoms with Crippen LogP contribution in [-0.4, -0.2) is 89.6 Å². The van der Waals surface area contributed by atoms with E-state index in [0.717, 1.165) is 37.7 Å². The molecule has 5 rings (SSSR count). The lowest BCUT2D eigenvalue weighted by atomic mass is 10.3. The first-order chi connectivity index (χ1) is 16.0. The monoisotopic (exact) mass is 451 g/mol. The second-order valence-electron chi connectivity index (χ2n) is 8.75. The van der Waals surface area contributed by atoms with Crippen molar-refractivity contribution in [1.82, 2.24) is 24.3 Å².